The van der Waals surface area contributed by atoms with Gasteiger partial charge in [-0.2, -0.15) is 0 Å². The lowest BCUT2D eigenvalue weighted by atomic mass is 10.1. The van der Waals surface area contributed by atoms with Crippen molar-refractivity contribution in [3.63, 3.8) is 0 Å². The highest BCUT2D eigenvalue weighted by atomic mass is 16.2. The lowest BCUT2D eigenvalue weighted by Gasteiger charge is -2.20. The lowest BCUT2D eigenvalue weighted by molar-refractivity contribution is -0.132. The molecular weight excluding hydrogens is 218 g/mol. The van der Waals surface area contributed by atoms with Crippen LogP contribution in [0.3, 0.4) is 0 Å². The monoisotopic (exact) mass is 241 g/mol. The number of nitrogens with one attached hydrogen (secondary N) is 1. The van der Waals surface area contributed by atoms with E-state index in [2.05, 4.69) is 11.9 Å². The molecule has 0 radical (unpaired) electrons. The quantitative estimate of drug-likeness (QED) is 0.622. The molecule has 17 heavy (non-hydrogen) atoms. The highest BCUT2D eigenvalue weighted by molar-refractivity contribution is 5.87. The number of amides is 2. The highest BCUT2D eigenvalue weighted by Crippen LogP contribution is 1.97. The van der Waals surface area contributed by atoms with Gasteiger partial charge in [-0.3, -0.25) is 9.59 Å². The van der Waals surface area contributed by atoms with Crippen LogP contribution in [-0.2, 0) is 9.59 Å². The molecular formula is C12H23N3O2. The van der Waals surface area contributed by atoms with Gasteiger partial charge in [-0.1, -0.05) is 19.9 Å². The van der Waals surface area contributed by atoms with E-state index in [-0.39, 0.29) is 24.3 Å². The average molecular weight is 241 g/mol. The summed E-state index contributed by atoms with van der Waals surface area (Å²) in [5.74, 6) is -0.361. The van der Waals surface area contributed by atoms with E-state index >= 15 is 0 Å². The van der Waals surface area contributed by atoms with Gasteiger partial charge in [-0.15, -0.1) is 6.58 Å². The van der Waals surface area contributed by atoms with Crippen LogP contribution in [0.4, 0.5) is 0 Å². The van der Waals surface area contributed by atoms with E-state index in [1.54, 1.807) is 11.0 Å². The van der Waals surface area contributed by atoms with E-state index in [0.29, 0.717) is 13.1 Å². The Morgan fingerprint density at radius 2 is 2.06 bits per heavy atom. The summed E-state index contributed by atoms with van der Waals surface area (Å²) in [6, 6.07) is -0.572. The predicted molar refractivity (Wildman–Crippen MR) is 68.3 cm³/mol. The molecule has 0 rings (SSSR count). The Kier molecular flexibility index (Phi) is 7.21. The summed E-state index contributed by atoms with van der Waals surface area (Å²) in [5, 5.41) is 2.55. The molecule has 0 saturated carbocycles. The molecule has 1 atom stereocenters. The summed E-state index contributed by atoms with van der Waals surface area (Å²) in [6.45, 7) is 10.2. The average Bonchev–Trinajstić information content (AvgIpc) is 2.31. The van der Waals surface area contributed by atoms with Crippen molar-refractivity contribution in [2.75, 3.05) is 19.6 Å². The third-order valence-electron chi connectivity index (χ3n) is 2.52. The zero-order valence-electron chi connectivity index (χ0n) is 10.9. The van der Waals surface area contributed by atoms with Crippen LogP contribution in [0.1, 0.15) is 20.8 Å². The number of likely N-dealkylation sites (N-methyl/N-ethyl adjacent to an activating group) is 1. The van der Waals surface area contributed by atoms with Crippen LogP contribution in [0.5, 0.6) is 0 Å². The van der Waals surface area contributed by atoms with E-state index in [4.69, 9.17) is 5.73 Å². The van der Waals surface area contributed by atoms with Gasteiger partial charge in [0.1, 0.15) is 0 Å². The first-order chi connectivity index (χ1) is 7.93. The molecule has 2 amide bonds. The fourth-order valence-electron chi connectivity index (χ4n) is 1.26. The Morgan fingerprint density at radius 1 is 1.47 bits per heavy atom. The van der Waals surface area contributed by atoms with E-state index in [0.717, 1.165) is 0 Å². The van der Waals surface area contributed by atoms with Gasteiger partial charge in [0, 0.05) is 13.1 Å². The van der Waals surface area contributed by atoms with Crippen molar-refractivity contribution in [3.8, 4) is 0 Å². The topological polar surface area (TPSA) is 75.4 Å². The molecule has 0 bridgehead atoms. The summed E-state index contributed by atoms with van der Waals surface area (Å²) in [7, 11) is 0. The molecule has 0 fully saturated rings. The van der Waals surface area contributed by atoms with E-state index in [9.17, 15) is 9.59 Å². The maximum absolute atomic E-state index is 11.7. The third-order valence-corrected chi connectivity index (χ3v) is 2.52. The number of nitrogens with two attached hydrogens (primary N) is 1. The van der Waals surface area contributed by atoms with E-state index in [1.165, 1.54) is 0 Å². The van der Waals surface area contributed by atoms with Gasteiger partial charge in [-0.05, 0) is 12.8 Å². The van der Waals surface area contributed by atoms with Crippen molar-refractivity contribution < 1.29 is 9.59 Å². The Hall–Kier alpha value is -1.36. The minimum absolute atomic E-state index is 0.0130. The summed E-state index contributed by atoms with van der Waals surface area (Å²) < 4.78 is 0. The van der Waals surface area contributed by atoms with E-state index in [1.807, 2.05) is 20.8 Å². The van der Waals surface area contributed by atoms with E-state index < -0.39 is 6.04 Å². The van der Waals surface area contributed by atoms with Crippen LogP contribution in [0.2, 0.25) is 0 Å². The fraction of sp³-hybridized carbons (Fsp3) is 0.667. The number of nitrogens with zero attached hydrogens (tertiary/aromatic N) is 1. The first-order valence-electron chi connectivity index (χ1n) is 5.86. The van der Waals surface area contributed by atoms with Gasteiger partial charge < -0.3 is 16.0 Å². The second kappa shape index (κ2) is 7.84. The van der Waals surface area contributed by atoms with Crippen LogP contribution in [-0.4, -0.2) is 42.4 Å². The van der Waals surface area contributed by atoms with Gasteiger partial charge >= 0.3 is 0 Å². The normalized spacial score (nSPS) is 12.1. The number of hydrogen-bond acceptors (Lipinski definition) is 3. The second-order valence-electron chi connectivity index (χ2n) is 4.21. The van der Waals surface area contributed by atoms with Crippen molar-refractivity contribution in [1.29, 1.82) is 0 Å². The minimum atomic E-state index is -0.572. The van der Waals surface area contributed by atoms with Crippen molar-refractivity contribution in [1.82, 2.24) is 10.2 Å². The molecule has 0 aliphatic carbocycles. The molecule has 0 spiro atoms. The largest absolute Gasteiger partial charge is 0.346 e. The number of carbonyl (C=O) groups excluding carboxylic acids is 2. The first-order valence-corrected chi connectivity index (χ1v) is 5.86. The third kappa shape index (κ3) is 5.49. The van der Waals surface area contributed by atoms with Crippen molar-refractivity contribution in [2.24, 2.45) is 11.7 Å². The Bertz CT molecular complexity index is 277. The number of hydrogen-bond donors (Lipinski definition) is 2. The lowest BCUT2D eigenvalue weighted by Crippen LogP contribution is -2.47. The summed E-state index contributed by atoms with van der Waals surface area (Å²) in [4.78, 5) is 24.8. The molecule has 3 N–H and O–H groups in total. The molecule has 0 heterocycles. The molecule has 0 aromatic heterocycles. The molecule has 0 aromatic rings. The Morgan fingerprint density at radius 3 is 2.47 bits per heavy atom. The zero-order valence-corrected chi connectivity index (χ0v) is 10.9. The number of rotatable bonds is 7. The maximum Gasteiger partial charge on any atom is 0.242 e. The van der Waals surface area contributed by atoms with Gasteiger partial charge in [0.05, 0.1) is 12.6 Å². The van der Waals surface area contributed by atoms with Crippen LogP contribution in [0.25, 0.3) is 0 Å². The summed E-state index contributed by atoms with van der Waals surface area (Å²) in [6.07, 6.45) is 1.66. The van der Waals surface area contributed by atoms with Crippen LogP contribution < -0.4 is 11.1 Å². The minimum Gasteiger partial charge on any atom is -0.346 e. The maximum atomic E-state index is 11.7. The van der Waals surface area contributed by atoms with Gasteiger partial charge in [0.2, 0.25) is 11.8 Å². The Balaban J connectivity index is 4.14. The molecule has 0 saturated heterocycles. The molecule has 0 unspecified atom stereocenters. The second-order valence-corrected chi connectivity index (χ2v) is 4.21. The molecule has 5 nitrogen and oxygen atoms in total. The predicted octanol–water partition coefficient (Wildman–Crippen LogP) is 0.120. The standard InChI is InChI=1S/C12H23N3O2/c1-5-7-15(6-2)10(16)8-14-12(17)11(13)9(3)4/h5,9,11H,1,6-8,13H2,2-4H3,(H,14,17)/t11-/m0/s1. The molecule has 98 valence electrons. The van der Waals surface area contributed by atoms with Gasteiger partial charge in [-0.25, -0.2) is 0 Å². The van der Waals surface area contributed by atoms with Crippen LogP contribution >= 0.6 is 0 Å². The first kappa shape index (κ1) is 15.6. The fourth-order valence-corrected chi connectivity index (χ4v) is 1.26. The van der Waals surface area contributed by atoms with Gasteiger partial charge in [0.15, 0.2) is 0 Å². The van der Waals surface area contributed by atoms with Crippen molar-refractivity contribution >= 4 is 11.8 Å². The summed E-state index contributed by atoms with van der Waals surface area (Å²) in [5.41, 5.74) is 5.66. The molecule has 0 aromatic carbocycles. The van der Waals surface area contributed by atoms with Crippen LogP contribution in [0, 0.1) is 5.92 Å². The summed E-state index contributed by atoms with van der Waals surface area (Å²) >= 11 is 0. The van der Waals surface area contributed by atoms with Crippen molar-refractivity contribution in [2.45, 2.75) is 26.8 Å². The SMILES string of the molecule is C=CCN(CC)C(=O)CNC(=O)[C@@H](N)C(C)C. The molecule has 0 aliphatic rings. The number of carbonyl (C=O) groups is 2. The zero-order chi connectivity index (χ0) is 13.4. The molecule has 0 aliphatic heterocycles. The smallest absolute Gasteiger partial charge is 0.242 e. The van der Waals surface area contributed by atoms with Gasteiger partial charge in [0.25, 0.3) is 0 Å². The Labute approximate surface area is 103 Å². The van der Waals surface area contributed by atoms with Crippen LogP contribution in [0.15, 0.2) is 12.7 Å². The highest BCUT2D eigenvalue weighted by Gasteiger charge is 2.18. The molecule has 5 heteroatoms. The van der Waals surface area contributed by atoms with Crippen molar-refractivity contribution in [3.05, 3.63) is 12.7 Å².